The summed E-state index contributed by atoms with van der Waals surface area (Å²) < 4.78 is 0. The second kappa shape index (κ2) is 9.87. The third-order valence-corrected chi connectivity index (χ3v) is 4.47. The Morgan fingerprint density at radius 3 is 2.42 bits per heavy atom. The van der Waals surface area contributed by atoms with E-state index >= 15 is 0 Å². The van der Waals surface area contributed by atoms with Crippen LogP contribution in [0.15, 0.2) is 4.99 Å². The van der Waals surface area contributed by atoms with Gasteiger partial charge in [-0.3, -0.25) is 14.7 Å². The molecule has 0 spiro atoms. The van der Waals surface area contributed by atoms with Crippen LogP contribution in [0, 0.1) is 5.41 Å². The molecule has 2 N–H and O–H groups in total. The van der Waals surface area contributed by atoms with Crippen LogP contribution in [0.1, 0.15) is 48.0 Å². The Balaban J connectivity index is 2.53. The smallest absolute Gasteiger partial charge is 0.225 e. The number of amides is 1. The molecule has 0 bridgehead atoms. The lowest BCUT2D eigenvalue weighted by Gasteiger charge is -2.27. The molecular weight excluding hydrogens is 302 g/mol. The minimum Gasteiger partial charge on any atom is -0.357 e. The second-order valence-corrected chi connectivity index (χ2v) is 7.35. The Bertz CT molecular complexity index is 412. The van der Waals surface area contributed by atoms with Gasteiger partial charge in [0.15, 0.2) is 5.96 Å². The van der Waals surface area contributed by atoms with Crippen LogP contribution in [-0.4, -0.2) is 73.5 Å². The van der Waals surface area contributed by atoms with Gasteiger partial charge in [-0.25, -0.2) is 0 Å². The summed E-state index contributed by atoms with van der Waals surface area (Å²) >= 11 is 0. The lowest BCUT2D eigenvalue weighted by Crippen LogP contribution is -2.43. The molecule has 0 aromatic carbocycles. The molecule has 0 aliphatic carbocycles. The third-order valence-electron chi connectivity index (χ3n) is 4.47. The number of rotatable bonds is 7. The number of likely N-dealkylation sites (tertiary alicyclic amines) is 1. The van der Waals surface area contributed by atoms with Crippen LogP contribution in [-0.2, 0) is 4.79 Å². The van der Waals surface area contributed by atoms with E-state index in [0.717, 1.165) is 38.7 Å². The quantitative estimate of drug-likeness (QED) is 0.419. The zero-order valence-electron chi connectivity index (χ0n) is 16.5. The molecule has 1 fully saturated rings. The molecule has 1 saturated heterocycles. The number of carbonyl (C=O) groups excluding carboxylic acids is 1. The average Bonchev–Trinajstić information content (AvgIpc) is 3.00. The van der Waals surface area contributed by atoms with Crippen molar-refractivity contribution in [3.05, 3.63) is 0 Å². The molecule has 1 rings (SSSR count). The van der Waals surface area contributed by atoms with Crippen molar-refractivity contribution in [2.24, 2.45) is 10.4 Å². The Hall–Kier alpha value is -1.30. The maximum Gasteiger partial charge on any atom is 0.225 e. The molecule has 1 aliphatic heterocycles. The minimum atomic E-state index is -0.347. The molecule has 0 aromatic heterocycles. The highest BCUT2D eigenvalue weighted by Gasteiger charge is 2.28. The molecule has 140 valence electrons. The number of aliphatic imine (C=N–C) groups is 1. The van der Waals surface area contributed by atoms with Gasteiger partial charge in [0.2, 0.25) is 5.91 Å². The van der Waals surface area contributed by atoms with Crippen LogP contribution >= 0.6 is 0 Å². The van der Waals surface area contributed by atoms with Crippen LogP contribution in [0.3, 0.4) is 0 Å². The van der Waals surface area contributed by atoms with Gasteiger partial charge in [-0.15, -0.1) is 0 Å². The van der Waals surface area contributed by atoms with Crippen molar-refractivity contribution in [2.75, 3.05) is 45.8 Å². The number of hydrogen-bond acceptors (Lipinski definition) is 3. The summed E-state index contributed by atoms with van der Waals surface area (Å²) in [4.78, 5) is 21.4. The molecular formula is C18H37N5O. The highest BCUT2D eigenvalue weighted by atomic mass is 16.2. The highest BCUT2D eigenvalue weighted by molar-refractivity contribution is 5.81. The fraction of sp³-hybridized carbons (Fsp3) is 0.889. The fourth-order valence-corrected chi connectivity index (χ4v) is 2.99. The standard InChI is InChI=1S/C18H37N5O/c1-7-19-17(21-12-11-20-16(24)18(4,5)6)23-13-10-15(14-23)22(8-2)9-3/h15H,7-14H2,1-6H3,(H,19,21)(H,20,24). The van der Waals surface area contributed by atoms with Gasteiger partial charge in [-0.1, -0.05) is 34.6 Å². The predicted octanol–water partition coefficient (Wildman–Crippen LogP) is 1.53. The van der Waals surface area contributed by atoms with Gasteiger partial charge < -0.3 is 15.5 Å². The van der Waals surface area contributed by atoms with Crippen LogP contribution in [0.4, 0.5) is 0 Å². The second-order valence-electron chi connectivity index (χ2n) is 7.35. The topological polar surface area (TPSA) is 60.0 Å². The first-order chi connectivity index (χ1) is 11.3. The molecule has 1 aliphatic rings. The monoisotopic (exact) mass is 339 g/mol. The van der Waals surface area contributed by atoms with E-state index in [-0.39, 0.29) is 11.3 Å². The number of hydrogen-bond donors (Lipinski definition) is 2. The van der Waals surface area contributed by atoms with Crippen molar-refractivity contribution >= 4 is 11.9 Å². The fourth-order valence-electron chi connectivity index (χ4n) is 2.99. The predicted molar refractivity (Wildman–Crippen MR) is 101 cm³/mol. The normalized spacial score (nSPS) is 19.0. The molecule has 24 heavy (non-hydrogen) atoms. The molecule has 1 heterocycles. The van der Waals surface area contributed by atoms with Gasteiger partial charge >= 0.3 is 0 Å². The highest BCUT2D eigenvalue weighted by Crippen LogP contribution is 2.15. The molecule has 0 aromatic rings. The largest absolute Gasteiger partial charge is 0.357 e. The van der Waals surface area contributed by atoms with Crippen molar-refractivity contribution in [3.8, 4) is 0 Å². The third kappa shape index (κ3) is 6.30. The summed E-state index contributed by atoms with van der Waals surface area (Å²) in [7, 11) is 0. The molecule has 6 nitrogen and oxygen atoms in total. The maximum atomic E-state index is 11.9. The van der Waals surface area contributed by atoms with Gasteiger partial charge in [0.25, 0.3) is 0 Å². The van der Waals surface area contributed by atoms with E-state index in [4.69, 9.17) is 4.99 Å². The average molecular weight is 340 g/mol. The molecule has 0 radical (unpaired) electrons. The maximum absolute atomic E-state index is 11.9. The molecule has 1 unspecified atom stereocenters. The van der Waals surface area contributed by atoms with Gasteiger partial charge in [0.1, 0.15) is 0 Å². The van der Waals surface area contributed by atoms with Gasteiger partial charge in [0, 0.05) is 37.6 Å². The van der Waals surface area contributed by atoms with Crippen LogP contribution in [0.2, 0.25) is 0 Å². The summed E-state index contributed by atoms with van der Waals surface area (Å²) in [6.45, 7) is 18.6. The zero-order chi connectivity index (χ0) is 18.2. The van der Waals surface area contributed by atoms with Crippen molar-refractivity contribution in [1.82, 2.24) is 20.4 Å². The van der Waals surface area contributed by atoms with Crippen LogP contribution in [0.25, 0.3) is 0 Å². The number of guanidine groups is 1. The number of likely N-dealkylation sites (N-methyl/N-ethyl adjacent to an activating group) is 1. The SMILES string of the molecule is CCNC(=NCCNC(=O)C(C)(C)C)N1CCC(N(CC)CC)C1. The molecule has 1 atom stereocenters. The van der Waals surface area contributed by atoms with Gasteiger partial charge in [0.05, 0.1) is 6.54 Å². The van der Waals surface area contributed by atoms with E-state index in [1.165, 1.54) is 6.42 Å². The minimum absolute atomic E-state index is 0.0745. The molecule has 6 heteroatoms. The van der Waals surface area contributed by atoms with Crippen molar-refractivity contribution in [1.29, 1.82) is 0 Å². The summed E-state index contributed by atoms with van der Waals surface area (Å²) in [5.74, 6) is 1.04. The summed E-state index contributed by atoms with van der Waals surface area (Å²) in [6, 6.07) is 0.615. The number of nitrogens with zero attached hydrogens (tertiary/aromatic N) is 3. The summed E-state index contributed by atoms with van der Waals surface area (Å²) in [5, 5.41) is 6.34. The Labute approximate surface area is 148 Å². The summed E-state index contributed by atoms with van der Waals surface area (Å²) in [6.07, 6.45) is 1.19. The lowest BCUT2D eigenvalue weighted by atomic mass is 9.96. The van der Waals surface area contributed by atoms with Crippen molar-refractivity contribution < 1.29 is 4.79 Å². The number of carbonyl (C=O) groups is 1. The summed E-state index contributed by atoms with van der Waals surface area (Å²) in [5.41, 5.74) is -0.347. The lowest BCUT2D eigenvalue weighted by molar-refractivity contribution is -0.128. The van der Waals surface area contributed by atoms with E-state index in [1.807, 2.05) is 20.8 Å². The van der Waals surface area contributed by atoms with Crippen LogP contribution < -0.4 is 10.6 Å². The molecule has 1 amide bonds. The Morgan fingerprint density at radius 1 is 1.21 bits per heavy atom. The first kappa shape index (κ1) is 20.7. The van der Waals surface area contributed by atoms with Crippen molar-refractivity contribution in [2.45, 2.75) is 54.0 Å². The Morgan fingerprint density at radius 2 is 1.88 bits per heavy atom. The molecule has 0 saturated carbocycles. The van der Waals surface area contributed by atoms with E-state index in [1.54, 1.807) is 0 Å². The first-order valence-electron chi connectivity index (χ1n) is 9.39. The van der Waals surface area contributed by atoms with Gasteiger partial charge in [-0.2, -0.15) is 0 Å². The van der Waals surface area contributed by atoms with E-state index < -0.39 is 0 Å². The number of nitrogens with one attached hydrogen (secondary N) is 2. The Kier molecular flexibility index (Phi) is 8.53. The van der Waals surface area contributed by atoms with Crippen molar-refractivity contribution in [3.63, 3.8) is 0 Å². The van der Waals surface area contributed by atoms with E-state index in [2.05, 4.69) is 41.2 Å². The van der Waals surface area contributed by atoms with Gasteiger partial charge in [-0.05, 0) is 26.4 Å². The first-order valence-corrected chi connectivity index (χ1v) is 9.39. The van der Waals surface area contributed by atoms with E-state index in [9.17, 15) is 4.79 Å². The zero-order valence-corrected chi connectivity index (χ0v) is 16.5. The van der Waals surface area contributed by atoms with Crippen LogP contribution in [0.5, 0.6) is 0 Å². The van der Waals surface area contributed by atoms with E-state index in [0.29, 0.717) is 19.1 Å².